The van der Waals surface area contributed by atoms with Crippen molar-refractivity contribution in [2.45, 2.75) is 0 Å². The molecule has 0 aliphatic carbocycles. The van der Waals surface area contributed by atoms with E-state index < -0.39 is 5.97 Å². The largest absolute Gasteiger partial charge is 0.496 e. The van der Waals surface area contributed by atoms with Crippen LogP contribution in [0.4, 0.5) is 0 Å². The molecule has 94 valence electrons. The normalized spacial score (nSPS) is 9.68. The van der Waals surface area contributed by atoms with E-state index in [-0.39, 0.29) is 5.56 Å². The topological polar surface area (TPSA) is 96.1 Å². The second-order valence-corrected chi connectivity index (χ2v) is 3.65. The molecule has 19 heavy (non-hydrogen) atoms. The number of rotatable bonds is 3. The van der Waals surface area contributed by atoms with Crippen LogP contribution in [0, 0.1) is 11.3 Å². The molecule has 0 spiro atoms. The summed E-state index contributed by atoms with van der Waals surface area (Å²) in [6.07, 6.45) is 2.50. The number of aromatic nitrogens is 2. The standard InChI is InChI=1S/C13H9N3O3/c1-19-12-3-2-8(5-14)4-9(12)10-6-15-16-7-11(10)13(17)18/h2-4,6-7H,1H3,(H,17,18). The lowest BCUT2D eigenvalue weighted by Gasteiger charge is -2.10. The van der Waals surface area contributed by atoms with Gasteiger partial charge in [-0.3, -0.25) is 0 Å². The van der Waals surface area contributed by atoms with Gasteiger partial charge in [0.2, 0.25) is 0 Å². The van der Waals surface area contributed by atoms with Crippen LogP contribution in [0.2, 0.25) is 0 Å². The predicted molar refractivity (Wildman–Crippen MR) is 65.7 cm³/mol. The number of aromatic carboxylic acids is 1. The summed E-state index contributed by atoms with van der Waals surface area (Å²) in [6.45, 7) is 0. The number of nitrogens with zero attached hydrogens (tertiary/aromatic N) is 3. The van der Waals surface area contributed by atoms with Gasteiger partial charge in [-0.15, -0.1) is 0 Å². The van der Waals surface area contributed by atoms with Crippen LogP contribution in [-0.2, 0) is 0 Å². The van der Waals surface area contributed by atoms with E-state index in [9.17, 15) is 4.79 Å². The molecule has 1 N–H and O–H groups in total. The number of carbonyl (C=O) groups is 1. The number of ether oxygens (including phenoxy) is 1. The fraction of sp³-hybridized carbons (Fsp3) is 0.0769. The minimum Gasteiger partial charge on any atom is -0.496 e. The lowest BCUT2D eigenvalue weighted by Crippen LogP contribution is -2.02. The Kier molecular flexibility index (Phi) is 3.39. The molecule has 1 aromatic heterocycles. The van der Waals surface area contributed by atoms with Gasteiger partial charge >= 0.3 is 5.97 Å². The molecule has 0 unspecified atom stereocenters. The highest BCUT2D eigenvalue weighted by atomic mass is 16.5. The Bertz CT molecular complexity index is 677. The number of carboxylic acid groups (broad SMARTS) is 1. The Balaban J connectivity index is 2.71. The molecule has 0 amide bonds. The molecule has 6 heteroatoms. The van der Waals surface area contributed by atoms with E-state index in [1.807, 2.05) is 6.07 Å². The zero-order valence-electron chi connectivity index (χ0n) is 9.99. The van der Waals surface area contributed by atoms with Crippen molar-refractivity contribution in [1.29, 1.82) is 5.26 Å². The van der Waals surface area contributed by atoms with Crippen molar-refractivity contribution in [3.63, 3.8) is 0 Å². The summed E-state index contributed by atoms with van der Waals surface area (Å²) < 4.78 is 5.18. The maximum atomic E-state index is 11.2. The van der Waals surface area contributed by atoms with Crippen LogP contribution in [-0.4, -0.2) is 28.4 Å². The summed E-state index contributed by atoms with van der Waals surface area (Å²) in [6, 6.07) is 6.76. The first kappa shape index (κ1) is 12.5. The van der Waals surface area contributed by atoms with Crippen molar-refractivity contribution in [2.24, 2.45) is 0 Å². The van der Waals surface area contributed by atoms with Gasteiger partial charge in [-0.2, -0.15) is 15.5 Å². The molecular formula is C13H9N3O3. The monoisotopic (exact) mass is 255 g/mol. The van der Waals surface area contributed by atoms with Crippen LogP contribution >= 0.6 is 0 Å². The summed E-state index contributed by atoms with van der Waals surface area (Å²) >= 11 is 0. The molecule has 1 heterocycles. The van der Waals surface area contributed by atoms with Gasteiger partial charge in [0.1, 0.15) is 5.75 Å². The highest BCUT2D eigenvalue weighted by Crippen LogP contribution is 2.32. The molecule has 2 aromatic rings. The van der Waals surface area contributed by atoms with Crippen LogP contribution in [0.15, 0.2) is 30.6 Å². The average molecular weight is 255 g/mol. The zero-order valence-corrected chi connectivity index (χ0v) is 9.99. The number of benzene rings is 1. The van der Waals surface area contributed by atoms with E-state index in [4.69, 9.17) is 15.1 Å². The Hall–Kier alpha value is -2.94. The van der Waals surface area contributed by atoms with Gasteiger partial charge < -0.3 is 9.84 Å². The van der Waals surface area contributed by atoms with Crippen LogP contribution in [0.3, 0.4) is 0 Å². The highest BCUT2D eigenvalue weighted by molar-refractivity contribution is 5.96. The maximum absolute atomic E-state index is 11.2. The minimum atomic E-state index is -1.12. The smallest absolute Gasteiger partial charge is 0.338 e. The van der Waals surface area contributed by atoms with Crippen molar-refractivity contribution < 1.29 is 14.6 Å². The number of hydrogen-bond acceptors (Lipinski definition) is 5. The summed E-state index contributed by atoms with van der Waals surface area (Å²) in [4.78, 5) is 11.2. The van der Waals surface area contributed by atoms with E-state index in [1.54, 1.807) is 18.2 Å². The van der Waals surface area contributed by atoms with E-state index >= 15 is 0 Å². The minimum absolute atomic E-state index is 0.00314. The lowest BCUT2D eigenvalue weighted by atomic mass is 10.00. The quantitative estimate of drug-likeness (QED) is 0.897. The Morgan fingerprint density at radius 3 is 2.68 bits per heavy atom. The van der Waals surface area contributed by atoms with Crippen LogP contribution < -0.4 is 4.74 Å². The molecule has 0 saturated carbocycles. The van der Waals surface area contributed by atoms with Gasteiger partial charge in [-0.25, -0.2) is 4.79 Å². The molecule has 2 rings (SSSR count). The van der Waals surface area contributed by atoms with Crippen LogP contribution in [0.25, 0.3) is 11.1 Å². The Labute approximate surface area is 108 Å². The van der Waals surface area contributed by atoms with Gasteiger partial charge in [-0.1, -0.05) is 0 Å². The average Bonchev–Trinajstić information content (AvgIpc) is 2.46. The molecule has 0 bridgehead atoms. The molecular weight excluding hydrogens is 246 g/mol. The third kappa shape index (κ3) is 2.35. The first-order valence-corrected chi connectivity index (χ1v) is 5.30. The first-order valence-electron chi connectivity index (χ1n) is 5.30. The lowest BCUT2D eigenvalue weighted by molar-refractivity contribution is 0.0697. The highest BCUT2D eigenvalue weighted by Gasteiger charge is 2.16. The van der Waals surface area contributed by atoms with E-state index in [2.05, 4.69) is 10.2 Å². The number of carboxylic acids is 1. The van der Waals surface area contributed by atoms with Crippen molar-refractivity contribution in [2.75, 3.05) is 7.11 Å². The van der Waals surface area contributed by atoms with Crippen LogP contribution in [0.5, 0.6) is 5.75 Å². The molecule has 0 saturated heterocycles. The summed E-state index contributed by atoms with van der Waals surface area (Å²) in [5.74, 6) is -0.649. The molecule has 0 aliphatic rings. The van der Waals surface area contributed by atoms with E-state index in [0.717, 1.165) is 6.20 Å². The maximum Gasteiger partial charge on any atom is 0.338 e. The van der Waals surface area contributed by atoms with Gasteiger partial charge in [0.15, 0.2) is 0 Å². The third-order valence-electron chi connectivity index (χ3n) is 2.58. The van der Waals surface area contributed by atoms with Crippen molar-refractivity contribution in [3.8, 4) is 22.9 Å². The SMILES string of the molecule is COc1ccc(C#N)cc1-c1cnncc1C(=O)O. The van der Waals surface area contributed by atoms with Gasteiger partial charge in [-0.05, 0) is 18.2 Å². The van der Waals surface area contributed by atoms with Crippen molar-refractivity contribution >= 4 is 5.97 Å². The summed E-state index contributed by atoms with van der Waals surface area (Å²) in [5, 5.41) is 25.3. The molecule has 0 atom stereocenters. The molecule has 1 aromatic carbocycles. The third-order valence-corrected chi connectivity index (χ3v) is 2.58. The van der Waals surface area contributed by atoms with Crippen molar-refractivity contribution in [3.05, 3.63) is 41.7 Å². The fourth-order valence-electron chi connectivity index (χ4n) is 1.69. The Morgan fingerprint density at radius 1 is 1.32 bits per heavy atom. The summed E-state index contributed by atoms with van der Waals surface area (Å²) in [5.41, 5.74) is 1.26. The fourth-order valence-corrected chi connectivity index (χ4v) is 1.69. The van der Waals surface area contributed by atoms with Crippen molar-refractivity contribution in [1.82, 2.24) is 10.2 Å². The first-order chi connectivity index (χ1) is 9.17. The van der Waals surface area contributed by atoms with Gasteiger partial charge in [0.25, 0.3) is 0 Å². The second-order valence-electron chi connectivity index (χ2n) is 3.65. The number of methoxy groups -OCH3 is 1. The summed E-state index contributed by atoms with van der Waals surface area (Å²) in [7, 11) is 1.47. The van der Waals surface area contributed by atoms with E-state index in [0.29, 0.717) is 22.4 Å². The molecule has 0 radical (unpaired) electrons. The van der Waals surface area contributed by atoms with E-state index in [1.165, 1.54) is 13.3 Å². The number of hydrogen-bond donors (Lipinski definition) is 1. The van der Waals surface area contributed by atoms with Crippen LogP contribution in [0.1, 0.15) is 15.9 Å². The Morgan fingerprint density at radius 2 is 2.05 bits per heavy atom. The molecule has 0 aliphatic heterocycles. The second kappa shape index (κ2) is 5.14. The predicted octanol–water partition coefficient (Wildman–Crippen LogP) is 1.72. The molecule has 0 fully saturated rings. The number of nitriles is 1. The zero-order chi connectivity index (χ0) is 13.8. The van der Waals surface area contributed by atoms with Gasteiger partial charge in [0, 0.05) is 11.1 Å². The molecule has 6 nitrogen and oxygen atoms in total. The van der Waals surface area contributed by atoms with Gasteiger partial charge in [0.05, 0.1) is 36.7 Å².